The highest BCUT2D eigenvalue weighted by atomic mass is 19.1. The van der Waals surface area contributed by atoms with Gasteiger partial charge in [-0.1, -0.05) is 17.7 Å². The van der Waals surface area contributed by atoms with E-state index in [2.05, 4.69) is 9.47 Å². The number of hydrogen-bond donors (Lipinski definition) is 0. The molecular weight excluding hydrogens is 343 g/mol. The highest BCUT2D eigenvalue weighted by Crippen LogP contribution is 2.24. The van der Waals surface area contributed by atoms with Crippen molar-refractivity contribution in [1.29, 1.82) is 0 Å². The zero-order valence-corrected chi connectivity index (χ0v) is 15.4. The Morgan fingerprint density at radius 3 is 1.96 bits per heavy atom. The average molecular weight is 368 g/mol. The van der Waals surface area contributed by atoms with Crippen molar-refractivity contribution in [2.24, 2.45) is 0 Å². The molecule has 0 bridgehead atoms. The lowest BCUT2D eigenvalue weighted by atomic mass is 9.99. The first-order valence-electron chi connectivity index (χ1n) is 8.62. The summed E-state index contributed by atoms with van der Waals surface area (Å²) >= 11 is 0. The summed E-state index contributed by atoms with van der Waals surface area (Å²) in [4.78, 5) is 35.4. The Morgan fingerprint density at radius 1 is 0.923 bits per heavy atom. The molecule has 144 valence electrons. The lowest BCUT2D eigenvalue weighted by Crippen LogP contribution is -2.45. The number of alkyl halides is 1. The van der Waals surface area contributed by atoms with E-state index in [1.54, 1.807) is 24.3 Å². The summed E-state index contributed by atoms with van der Waals surface area (Å²) in [5.74, 6) is -2.99. The smallest absolute Gasteiger partial charge is 0.355 e. The number of esters is 3. The van der Waals surface area contributed by atoms with Crippen molar-refractivity contribution in [3.63, 3.8) is 0 Å². The minimum Gasteiger partial charge on any atom is -0.463 e. The zero-order chi connectivity index (χ0) is 19.6. The molecule has 1 aromatic carbocycles. The molecule has 6 nitrogen and oxygen atoms in total. The third-order valence-corrected chi connectivity index (χ3v) is 3.63. The van der Waals surface area contributed by atoms with Crippen LogP contribution in [-0.4, -0.2) is 43.4 Å². The second kappa shape index (κ2) is 10.5. The summed E-state index contributed by atoms with van der Waals surface area (Å²) in [6.45, 7) is 4.91. The molecule has 1 rings (SSSR count). The van der Waals surface area contributed by atoms with E-state index in [4.69, 9.17) is 4.74 Å². The maximum atomic E-state index is 14.8. The molecule has 26 heavy (non-hydrogen) atoms. The molecule has 0 radical (unpaired) electrons. The monoisotopic (exact) mass is 368 g/mol. The van der Waals surface area contributed by atoms with Crippen LogP contribution in [0.3, 0.4) is 0 Å². The molecular formula is C19H25FO6. The highest BCUT2D eigenvalue weighted by Gasteiger charge is 2.49. The van der Waals surface area contributed by atoms with Crippen LogP contribution in [-0.2, 0) is 23.8 Å². The molecule has 0 N–H and O–H groups in total. The minimum atomic E-state index is -2.84. The number of ether oxygens (including phenoxy) is 3. The number of carbonyl (C=O) groups is 3. The maximum Gasteiger partial charge on any atom is 0.355 e. The van der Waals surface area contributed by atoms with Crippen LogP contribution in [0.4, 0.5) is 4.39 Å². The van der Waals surface area contributed by atoms with Gasteiger partial charge in [-0.3, -0.25) is 0 Å². The summed E-state index contributed by atoms with van der Waals surface area (Å²) in [5.41, 5.74) is -1.39. The van der Waals surface area contributed by atoms with Crippen LogP contribution in [0.2, 0.25) is 0 Å². The van der Waals surface area contributed by atoms with Crippen molar-refractivity contribution in [3.8, 4) is 0 Å². The van der Waals surface area contributed by atoms with Gasteiger partial charge in [-0.25, -0.2) is 18.8 Å². The summed E-state index contributed by atoms with van der Waals surface area (Å²) in [6, 6.07) is 6.91. The lowest BCUT2D eigenvalue weighted by Gasteiger charge is -2.21. The van der Waals surface area contributed by atoms with E-state index in [-0.39, 0.29) is 26.2 Å². The van der Waals surface area contributed by atoms with Gasteiger partial charge in [-0.2, -0.15) is 0 Å². The topological polar surface area (TPSA) is 78.9 Å². The van der Waals surface area contributed by atoms with E-state index in [9.17, 15) is 18.8 Å². The molecule has 0 saturated carbocycles. The van der Waals surface area contributed by atoms with Gasteiger partial charge in [-0.15, -0.1) is 0 Å². The molecule has 0 saturated heterocycles. The summed E-state index contributed by atoms with van der Waals surface area (Å²) in [7, 11) is 0. The maximum absolute atomic E-state index is 14.8. The van der Waals surface area contributed by atoms with Gasteiger partial charge >= 0.3 is 23.6 Å². The van der Waals surface area contributed by atoms with Crippen LogP contribution in [0, 0.1) is 6.92 Å². The standard InChI is InChI=1S/C19H25FO6/c1-4-24-17(22)19(20,18(23)25-5-2)12-6-7-13-26-16(21)15-10-8-14(3)9-11-15/h8-11H,4-7,12-13H2,1-3H3. The zero-order valence-electron chi connectivity index (χ0n) is 15.4. The van der Waals surface area contributed by atoms with Gasteiger partial charge in [0.2, 0.25) is 0 Å². The van der Waals surface area contributed by atoms with Crippen LogP contribution in [0.5, 0.6) is 0 Å². The number of rotatable bonds is 10. The largest absolute Gasteiger partial charge is 0.463 e. The molecule has 0 amide bonds. The van der Waals surface area contributed by atoms with Crippen LogP contribution < -0.4 is 0 Å². The molecule has 0 fully saturated rings. The molecule has 0 aliphatic carbocycles. The molecule has 0 aliphatic heterocycles. The van der Waals surface area contributed by atoms with E-state index in [1.807, 2.05) is 6.92 Å². The van der Waals surface area contributed by atoms with Crippen LogP contribution >= 0.6 is 0 Å². The predicted octanol–water partition coefficient (Wildman–Crippen LogP) is 3.16. The van der Waals surface area contributed by atoms with Gasteiger partial charge < -0.3 is 14.2 Å². The lowest BCUT2D eigenvalue weighted by molar-refractivity contribution is -0.175. The third kappa shape index (κ3) is 6.13. The van der Waals surface area contributed by atoms with Crippen LogP contribution in [0.15, 0.2) is 24.3 Å². The fourth-order valence-corrected chi connectivity index (χ4v) is 2.19. The molecule has 0 unspecified atom stereocenters. The normalized spacial score (nSPS) is 10.9. The Hall–Kier alpha value is -2.44. The van der Waals surface area contributed by atoms with Crippen molar-refractivity contribution in [2.45, 2.75) is 45.7 Å². The van der Waals surface area contributed by atoms with E-state index in [0.29, 0.717) is 12.0 Å². The van der Waals surface area contributed by atoms with Gasteiger partial charge in [0.25, 0.3) is 0 Å². The van der Waals surface area contributed by atoms with Gasteiger partial charge in [0.1, 0.15) is 0 Å². The van der Waals surface area contributed by atoms with Crippen molar-refractivity contribution >= 4 is 17.9 Å². The quantitative estimate of drug-likeness (QED) is 0.273. The first kappa shape index (κ1) is 21.6. The van der Waals surface area contributed by atoms with Crippen LogP contribution in [0.1, 0.15) is 49.0 Å². The first-order valence-corrected chi connectivity index (χ1v) is 8.62. The molecule has 0 heterocycles. The van der Waals surface area contributed by atoms with Gasteiger partial charge in [0.15, 0.2) is 0 Å². The van der Waals surface area contributed by atoms with E-state index in [0.717, 1.165) is 5.56 Å². The second-order valence-electron chi connectivity index (χ2n) is 5.70. The molecule has 1 aromatic rings. The number of carbonyl (C=O) groups excluding carboxylic acids is 3. The highest BCUT2D eigenvalue weighted by molar-refractivity contribution is 6.03. The van der Waals surface area contributed by atoms with E-state index in [1.165, 1.54) is 13.8 Å². The Kier molecular flexibility index (Phi) is 8.75. The fraction of sp³-hybridized carbons (Fsp3) is 0.526. The Morgan fingerprint density at radius 2 is 1.46 bits per heavy atom. The van der Waals surface area contributed by atoms with Gasteiger partial charge in [0.05, 0.1) is 25.4 Å². The number of benzene rings is 1. The molecule has 0 spiro atoms. The van der Waals surface area contributed by atoms with Crippen molar-refractivity contribution in [2.75, 3.05) is 19.8 Å². The summed E-state index contributed by atoms with van der Waals surface area (Å²) < 4.78 is 29.2. The molecule has 0 atom stereocenters. The molecule has 0 aliphatic rings. The summed E-state index contributed by atoms with van der Waals surface area (Å²) in [6.07, 6.45) is 0.0458. The molecule has 7 heteroatoms. The minimum absolute atomic E-state index is 0.0436. The second-order valence-corrected chi connectivity index (χ2v) is 5.70. The van der Waals surface area contributed by atoms with E-state index >= 15 is 0 Å². The SMILES string of the molecule is CCOC(=O)C(F)(CCCCOC(=O)c1ccc(C)cc1)C(=O)OCC. The molecule has 0 aromatic heterocycles. The Labute approximate surface area is 152 Å². The number of unbranched alkanes of at least 4 members (excludes halogenated alkanes) is 1. The van der Waals surface area contributed by atoms with Crippen molar-refractivity contribution in [3.05, 3.63) is 35.4 Å². The third-order valence-electron chi connectivity index (χ3n) is 3.63. The Balaban J connectivity index is 2.49. The number of aryl methyl sites for hydroxylation is 1. The average Bonchev–Trinajstić information content (AvgIpc) is 2.62. The fourth-order valence-electron chi connectivity index (χ4n) is 2.19. The van der Waals surface area contributed by atoms with Crippen molar-refractivity contribution < 1.29 is 33.0 Å². The predicted molar refractivity (Wildman–Crippen MR) is 92.4 cm³/mol. The number of halogens is 1. The number of hydrogen-bond acceptors (Lipinski definition) is 6. The summed E-state index contributed by atoms with van der Waals surface area (Å²) in [5, 5.41) is 0. The van der Waals surface area contributed by atoms with Gasteiger partial charge in [-0.05, 0) is 45.7 Å². The van der Waals surface area contributed by atoms with Crippen molar-refractivity contribution in [1.82, 2.24) is 0 Å². The van der Waals surface area contributed by atoms with Gasteiger partial charge in [0, 0.05) is 6.42 Å². The Bertz CT molecular complexity index is 593. The first-order chi connectivity index (χ1) is 12.3. The van der Waals surface area contributed by atoms with Crippen LogP contribution in [0.25, 0.3) is 0 Å². The van der Waals surface area contributed by atoms with E-state index < -0.39 is 30.0 Å².